The van der Waals surface area contributed by atoms with Gasteiger partial charge in [-0.1, -0.05) is 173 Å². The van der Waals surface area contributed by atoms with E-state index in [9.17, 15) is 0 Å². The molecule has 0 saturated carbocycles. The Labute approximate surface area is 405 Å². The Morgan fingerprint density at radius 1 is 0.250 bits per heavy atom. The van der Waals surface area contributed by atoms with E-state index in [2.05, 4.69) is 195 Å². The number of halogens is 4. The largest absolute Gasteiger partial charge is 0.264 e. The molecule has 0 aliphatic carbocycles. The zero-order valence-electron chi connectivity index (χ0n) is 33.8. The van der Waals surface area contributed by atoms with Gasteiger partial charge in [0, 0.05) is 76.1 Å². The van der Waals surface area contributed by atoms with E-state index in [1.807, 2.05) is 60.7 Å². The van der Waals surface area contributed by atoms with E-state index in [-0.39, 0.29) is 0 Å². The van der Waals surface area contributed by atoms with Gasteiger partial charge in [-0.15, -0.1) is 0 Å². The van der Waals surface area contributed by atoms with Crippen molar-refractivity contribution in [1.29, 1.82) is 0 Å². The molecular weight excluding hydrogens is 1050 g/mol. The summed E-state index contributed by atoms with van der Waals surface area (Å²) < 4.78 is 3.93. The van der Waals surface area contributed by atoms with Crippen LogP contribution in [0.3, 0.4) is 0 Å². The highest BCUT2D eigenvalue weighted by Crippen LogP contribution is 2.34. The van der Waals surface area contributed by atoms with Gasteiger partial charge in [-0.25, -0.2) is 19.9 Å². The Hall–Kier alpha value is -6.30. The Morgan fingerprint density at radius 3 is 0.875 bits per heavy atom. The first-order valence-electron chi connectivity index (χ1n) is 20.1. The molecular formula is C54H34Br4N6. The van der Waals surface area contributed by atoms with Gasteiger partial charge in [0.15, 0.2) is 11.6 Å². The van der Waals surface area contributed by atoms with Gasteiger partial charge < -0.3 is 0 Å². The van der Waals surface area contributed by atoms with Crippen LogP contribution in [0.5, 0.6) is 0 Å². The molecule has 0 saturated heterocycles. The molecule has 0 aliphatic heterocycles. The Kier molecular flexibility index (Phi) is 13.5. The number of nitrogens with zero attached hydrogens (tertiary/aromatic N) is 6. The first kappa shape index (κ1) is 43.0. The van der Waals surface area contributed by atoms with Crippen molar-refractivity contribution in [3.05, 3.63) is 225 Å². The first-order valence-corrected chi connectivity index (χ1v) is 23.3. The summed E-state index contributed by atoms with van der Waals surface area (Å²) in [6.45, 7) is 0. The number of rotatable bonds is 8. The van der Waals surface area contributed by atoms with Crippen molar-refractivity contribution >= 4 is 63.7 Å². The fourth-order valence-corrected chi connectivity index (χ4v) is 9.65. The van der Waals surface area contributed by atoms with Crippen LogP contribution < -0.4 is 0 Å². The Morgan fingerprint density at radius 2 is 0.547 bits per heavy atom. The van der Waals surface area contributed by atoms with Crippen molar-refractivity contribution in [2.45, 2.75) is 0 Å². The minimum atomic E-state index is 0.647. The molecule has 6 nitrogen and oxygen atoms in total. The lowest BCUT2D eigenvalue weighted by Crippen LogP contribution is -1.96. The molecule has 0 radical (unpaired) electrons. The molecule has 10 heteroatoms. The summed E-state index contributed by atoms with van der Waals surface area (Å²) in [7, 11) is 0. The Bertz CT molecular complexity index is 2920. The van der Waals surface area contributed by atoms with E-state index in [0.717, 1.165) is 74.0 Å². The van der Waals surface area contributed by atoms with Crippen LogP contribution in [0.1, 0.15) is 0 Å². The van der Waals surface area contributed by atoms with Crippen molar-refractivity contribution < 1.29 is 0 Å². The van der Waals surface area contributed by atoms with E-state index < -0.39 is 0 Å². The number of pyridine rings is 2. The molecule has 0 fully saturated rings. The average molecular weight is 1090 g/mol. The fourth-order valence-electron chi connectivity index (χ4n) is 7.07. The van der Waals surface area contributed by atoms with E-state index >= 15 is 0 Å². The quantitative estimate of drug-likeness (QED) is 0.151. The molecule has 0 atom stereocenters. The maximum atomic E-state index is 4.87. The van der Waals surface area contributed by atoms with Crippen molar-refractivity contribution in [3.8, 4) is 90.1 Å². The van der Waals surface area contributed by atoms with Crippen LogP contribution in [0.25, 0.3) is 90.1 Å². The molecule has 0 spiro atoms. The van der Waals surface area contributed by atoms with Gasteiger partial charge in [0.25, 0.3) is 0 Å². The first-order chi connectivity index (χ1) is 31.3. The predicted molar refractivity (Wildman–Crippen MR) is 274 cm³/mol. The second-order valence-electron chi connectivity index (χ2n) is 14.6. The van der Waals surface area contributed by atoms with Crippen LogP contribution in [0.4, 0.5) is 0 Å². The number of hydrogen-bond donors (Lipinski definition) is 0. The van der Waals surface area contributed by atoms with Crippen LogP contribution in [-0.4, -0.2) is 29.9 Å². The molecule has 10 rings (SSSR count). The zero-order valence-corrected chi connectivity index (χ0v) is 40.2. The van der Waals surface area contributed by atoms with E-state index in [4.69, 9.17) is 19.9 Å². The average Bonchev–Trinajstić information content (AvgIpc) is 3.34. The molecule has 6 aromatic carbocycles. The molecule has 10 aromatic rings. The third kappa shape index (κ3) is 10.5. The van der Waals surface area contributed by atoms with Gasteiger partial charge >= 0.3 is 0 Å². The predicted octanol–water partition coefficient (Wildman–Crippen LogP) is 16.1. The highest BCUT2D eigenvalue weighted by atomic mass is 79.9. The van der Waals surface area contributed by atoms with Crippen molar-refractivity contribution in [2.75, 3.05) is 0 Å². The molecule has 0 bridgehead atoms. The van der Waals surface area contributed by atoms with Gasteiger partial charge in [-0.2, -0.15) is 0 Å². The van der Waals surface area contributed by atoms with E-state index in [1.54, 1.807) is 24.8 Å². The summed E-state index contributed by atoms with van der Waals surface area (Å²) in [5.41, 5.74) is 14.0. The summed E-state index contributed by atoms with van der Waals surface area (Å²) >= 11 is 14.3. The minimum absolute atomic E-state index is 0.647. The molecule has 64 heavy (non-hydrogen) atoms. The second kappa shape index (κ2) is 20.0. The van der Waals surface area contributed by atoms with Crippen molar-refractivity contribution in [2.24, 2.45) is 0 Å². The van der Waals surface area contributed by atoms with Gasteiger partial charge in [-0.3, -0.25) is 9.97 Å². The third-order valence-electron chi connectivity index (χ3n) is 10.2. The van der Waals surface area contributed by atoms with Gasteiger partial charge in [0.1, 0.15) is 0 Å². The van der Waals surface area contributed by atoms with Crippen molar-refractivity contribution in [3.63, 3.8) is 0 Å². The van der Waals surface area contributed by atoms with Crippen LogP contribution in [0, 0.1) is 0 Å². The summed E-state index contributed by atoms with van der Waals surface area (Å²) in [5.74, 6) is 1.29. The number of aromatic nitrogens is 6. The highest BCUT2D eigenvalue weighted by Gasteiger charge is 2.14. The fraction of sp³-hybridized carbons (Fsp3) is 0. The van der Waals surface area contributed by atoms with E-state index in [0.29, 0.717) is 11.6 Å². The Balaban J connectivity index is 0.000000162. The summed E-state index contributed by atoms with van der Waals surface area (Å²) in [5, 5.41) is 0. The molecule has 4 aromatic heterocycles. The number of hydrogen-bond acceptors (Lipinski definition) is 6. The third-order valence-corrected chi connectivity index (χ3v) is 12.0. The lowest BCUT2D eigenvalue weighted by atomic mass is 10.0. The van der Waals surface area contributed by atoms with Gasteiger partial charge in [0.2, 0.25) is 0 Å². The summed E-state index contributed by atoms with van der Waals surface area (Å²) in [4.78, 5) is 27.9. The molecule has 0 amide bonds. The molecule has 0 unspecified atom stereocenters. The molecule has 308 valence electrons. The van der Waals surface area contributed by atoms with Crippen LogP contribution in [0.2, 0.25) is 0 Å². The zero-order chi connectivity index (χ0) is 43.8. The van der Waals surface area contributed by atoms with Gasteiger partial charge in [0.05, 0.1) is 22.8 Å². The normalized spacial score (nSPS) is 10.8. The van der Waals surface area contributed by atoms with Crippen molar-refractivity contribution in [1.82, 2.24) is 29.9 Å². The lowest BCUT2D eigenvalue weighted by molar-refractivity contribution is 1.17. The van der Waals surface area contributed by atoms with Gasteiger partial charge in [-0.05, 0) is 95.1 Å². The molecule has 0 N–H and O–H groups in total. The maximum absolute atomic E-state index is 4.87. The standard InChI is InChI=1S/2C27H17Br2N3/c2*28-23-13-22(14-24(29)15-23)26-16-25(31-27(32-26)21-7-4-12-30-17-21)20-10-8-19(9-11-20)18-5-2-1-3-6-18/h2*1-17H. The monoisotopic (exact) mass is 1080 g/mol. The minimum Gasteiger partial charge on any atom is -0.264 e. The molecule has 0 aliphatic rings. The van der Waals surface area contributed by atoms with Crippen LogP contribution in [0.15, 0.2) is 225 Å². The maximum Gasteiger partial charge on any atom is 0.161 e. The van der Waals surface area contributed by atoms with E-state index in [1.165, 1.54) is 22.3 Å². The lowest BCUT2D eigenvalue weighted by Gasteiger charge is -2.10. The highest BCUT2D eigenvalue weighted by molar-refractivity contribution is 9.11. The topological polar surface area (TPSA) is 77.3 Å². The summed E-state index contributed by atoms with van der Waals surface area (Å²) in [6, 6.07) is 61.8. The van der Waals surface area contributed by atoms with Crippen LogP contribution in [-0.2, 0) is 0 Å². The summed E-state index contributed by atoms with van der Waals surface area (Å²) in [6.07, 6.45) is 7.08. The molecule has 4 heterocycles. The van der Waals surface area contributed by atoms with Crippen LogP contribution >= 0.6 is 63.7 Å². The smallest absolute Gasteiger partial charge is 0.161 e. The number of benzene rings is 6. The second-order valence-corrected chi connectivity index (χ2v) is 18.3. The SMILES string of the molecule is Brc1cc(Br)cc(-c2cc(-c3ccc(-c4ccccc4)cc3)nc(-c3cccnc3)n2)c1.Brc1cc(Br)cc(-c2cc(-c3ccc(-c4ccccc4)cc3)nc(-c3cccnc3)n2)c1.